The number of hydrogen-bond acceptors (Lipinski definition) is 7. The van der Waals surface area contributed by atoms with Crippen molar-refractivity contribution in [3.05, 3.63) is 42.6 Å². The third-order valence-electron chi connectivity index (χ3n) is 3.47. The Labute approximate surface area is 149 Å². The molecule has 0 atom stereocenters. The van der Waals surface area contributed by atoms with Crippen LogP contribution in [0.15, 0.2) is 41.5 Å². The highest BCUT2D eigenvalue weighted by Gasteiger charge is 2.21. The molecule has 0 radical (unpaired) electrons. The highest BCUT2D eigenvalue weighted by Crippen LogP contribution is 2.19. The average molecular weight is 361 g/mol. The fraction of sp³-hybridized carbons (Fsp3) is 0.294. The topological polar surface area (TPSA) is 113 Å². The van der Waals surface area contributed by atoms with Gasteiger partial charge in [0.25, 0.3) is 0 Å². The van der Waals surface area contributed by atoms with Crippen LogP contribution >= 0.6 is 0 Å². The number of ether oxygens (including phenoxy) is 2. The van der Waals surface area contributed by atoms with Crippen molar-refractivity contribution in [3.63, 3.8) is 0 Å². The van der Waals surface area contributed by atoms with Crippen LogP contribution in [0.1, 0.15) is 24.4 Å². The number of hydrogen-bond donors (Lipinski definition) is 1. The van der Waals surface area contributed by atoms with E-state index in [0.29, 0.717) is 5.69 Å². The number of esters is 2. The minimum Gasteiger partial charge on any atom is -0.472 e. The first-order chi connectivity index (χ1) is 12.5. The molecule has 2 aromatic heterocycles. The normalized spacial score (nSPS) is 10.9. The Morgan fingerprint density at radius 1 is 1.27 bits per heavy atom. The SMILES string of the molecule is COC(=O)CC(CC(=O)OC)n1cc(NC(=O)/C=C/c2ccoc2)cn1. The van der Waals surface area contributed by atoms with E-state index >= 15 is 0 Å². The lowest BCUT2D eigenvalue weighted by Gasteiger charge is -2.15. The zero-order chi connectivity index (χ0) is 18.9. The molecule has 138 valence electrons. The molecule has 9 nitrogen and oxygen atoms in total. The van der Waals surface area contributed by atoms with Crippen molar-refractivity contribution < 1.29 is 28.3 Å². The fourth-order valence-electron chi connectivity index (χ4n) is 2.14. The first-order valence-electron chi connectivity index (χ1n) is 7.71. The summed E-state index contributed by atoms with van der Waals surface area (Å²) in [6, 6.07) is 1.13. The third kappa shape index (κ3) is 5.62. The van der Waals surface area contributed by atoms with Gasteiger partial charge in [-0.2, -0.15) is 5.10 Å². The van der Waals surface area contributed by atoms with E-state index in [4.69, 9.17) is 4.42 Å². The number of carbonyl (C=O) groups is 3. The number of carbonyl (C=O) groups excluding carboxylic acids is 3. The maximum atomic E-state index is 11.9. The molecule has 2 rings (SSSR count). The average Bonchev–Trinajstić information content (AvgIpc) is 3.31. The van der Waals surface area contributed by atoms with E-state index in [1.807, 2.05) is 0 Å². The predicted molar refractivity (Wildman–Crippen MR) is 90.9 cm³/mol. The summed E-state index contributed by atoms with van der Waals surface area (Å²) in [7, 11) is 2.53. The maximum Gasteiger partial charge on any atom is 0.307 e. The van der Waals surface area contributed by atoms with Gasteiger partial charge in [-0.1, -0.05) is 0 Å². The van der Waals surface area contributed by atoms with Crippen molar-refractivity contribution in [1.82, 2.24) is 9.78 Å². The summed E-state index contributed by atoms with van der Waals surface area (Å²) in [5.74, 6) is -1.32. The Morgan fingerprint density at radius 2 is 1.96 bits per heavy atom. The third-order valence-corrected chi connectivity index (χ3v) is 3.47. The Bertz CT molecular complexity index is 760. The molecule has 1 N–H and O–H groups in total. The van der Waals surface area contributed by atoms with Gasteiger partial charge in [-0.15, -0.1) is 0 Å². The van der Waals surface area contributed by atoms with Gasteiger partial charge in [-0.05, 0) is 12.1 Å². The van der Waals surface area contributed by atoms with Crippen LogP contribution in [-0.2, 0) is 23.9 Å². The van der Waals surface area contributed by atoms with Crippen molar-refractivity contribution in [3.8, 4) is 0 Å². The van der Waals surface area contributed by atoms with Gasteiger partial charge in [0.15, 0.2) is 0 Å². The smallest absolute Gasteiger partial charge is 0.307 e. The Morgan fingerprint density at radius 3 is 2.54 bits per heavy atom. The molecule has 0 aliphatic rings. The number of amides is 1. The van der Waals surface area contributed by atoms with E-state index < -0.39 is 18.0 Å². The van der Waals surface area contributed by atoms with Crippen LogP contribution in [0, 0.1) is 0 Å². The molecule has 0 aliphatic carbocycles. The Kier molecular flexibility index (Phi) is 6.72. The van der Waals surface area contributed by atoms with E-state index in [-0.39, 0.29) is 18.7 Å². The van der Waals surface area contributed by atoms with Gasteiger partial charge in [0.05, 0.1) is 57.5 Å². The van der Waals surface area contributed by atoms with Gasteiger partial charge in [-0.3, -0.25) is 19.1 Å². The van der Waals surface area contributed by atoms with Crippen LogP contribution in [0.25, 0.3) is 6.08 Å². The molecule has 0 unspecified atom stereocenters. The number of methoxy groups -OCH3 is 2. The van der Waals surface area contributed by atoms with E-state index in [1.54, 1.807) is 12.1 Å². The van der Waals surface area contributed by atoms with Gasteiger partial charge >= 0.3 is 11.9 Å². The Hall–Kier alpha value is -3.36. The zero-order valence-electron chi connectivity index (χ0n) is 14.4. The van der Waals surface area contributed by atoms with Gasteiger partial charge < -0.3 is 19.2 Å². The standard InChI is InChI=1S/C17H19N3O6/c1-24-16(22)7-14(8-17(23)25-2)20-10-13(9-18-20)19-15(21)4-3-12-5-6-26-11-12/h3-6,9-11,14H,7-8H2,1-2H3,(H,19,21)/b4-3+. The molecule has 2 aromatic rings. The second kappa shape index (κ2) is 9.21. The number of nitrogens with zero attached hydrogens (tertiary/aromatic N) is 2. The van der Waals surface area contributed by atoms with Gasteiger partial charge in [0, 0.05) is 17.8 Å². The summed E-state index contributed by atoms with van der Waals surface area (Å²) in [5.41, 5.74) is 1.18. The molecule has 0 aliphatic heterocycles. The zero-order valence-corrected chi connectivity index (χ0v) is 14.4. The van der Waals surface area contributed by atoms with E-state index in [1.165, 1.54) is 49.9 Å². The van der Waals surface area contributed by atoms with Crippen molar-refractivity contribution in [2.75, 3.05) is 19.5 Å². The number of aromatic nitrogens is 2. The summed E-state index contributed by atoms with van der Waals surface area (Å²) < 4.78 is 15.6. The van der Waals surface area contributed by atoms with E-state index in [2.05, 4.69) is 19.9 Å². The van der Waals surface area contributed by atoms with Crippen LogP contribution in [-0.4, -0.2) is 41.8 Å². The van der Waals surface area contributed by atoms with Crippen LogP contribution < -0.4 is 5.32 Å². The molecule has 1 amide bonds. The molecule has 0 aromatic carbocycles. The lowest BCUT2D eigenvalue weighted by Crippen LogP contribution is -2.19. The van der Waals surface area contributed by atoms with Crippen LogP contribution in [0.3, 0.4) is 0 Å². The Balaban J connectivity index is 2.03. The highest BCUT2D eigenvalue weighted by atomic mass is 16.5. The maximum absolute atomic E-state index is 11.9. The minimum atomic E-state index is -0.581. The van der Waals surface area contributed by atoms with Crippen molar-refractivity contribution >= 4 is 29.6 Å². The summed E-state index contributed by atoms with van der Waals surface area (Å²) in [4.78, 5) is 35.0. The molecule has 0 bridgehead atoms. The highest BCUT2D eigenvalue weighted by molar-refractivity contribution is 6.01. The van der Waals surface area contributed by atoms with Crippen molar-refractivity contribution in [2.45, 2.75) is 18.9 Å². The van der Waals surface area contributed by atoms with Gasteiger partial charge in [-0.25, -0.2) is 0 Å². The first-order valence-corrected chi connectivity index (χ1v) is 7.71. The second-order valence-electron chi connectivity index (χ2n) is 5.30. The summed E-state index contributed by atoms with van der Waals surface area (Å²) in [6.07, 6.45) is 8.80. The molecule has 2 heterocycles. The predicted octanol–water partition coefficient (Wildman–Crippen LogP) is 1.80. The first kappa shape index (κ1) is 19.0. The largest absolute Gasteiger partial charge is 0.472 e. The second-order valence-corrected chi connectivity index (χ2v) is 5.30. The lowest BCUT2D eigenvalue weighted by molar-refractivity contribution is -0.144. The van der Waals surface area contributed by atoms with Gasteiger partial charge in [0.2, 0.25) is 5.91 Å². The van der Waals surface area contributed by atoms with Crippen LogP contribution in [0.5, 0.6) is 0 Å². The van der Waals surface area contributed by atoms with Gasteiger partial charge in [0.1, 0.15) is 0 Å². The minimum absolute atomic E-state index is 0.0545. The molecule has 0 saturated carbocycles. The van der Waals surface area contributed by atoms with Crippen LogP contribution in [0.4, 0.5) is 5.69 Å². The van der Waals surface area contributed by atoms with E-state index in [0.717, 1.165) is 5.56 Å². The summed E-state index contributed by atoms with van der Waals surface area (Å²) in [6.45, 7) is 0. The molecular formula is C17H19N3O6. The fourth-order valence-corrected chi connectivity index (χ4v) is 2.14. The molecule has 0 spiro atoms. The number of rotatable bonds is 8. The van der Waals surface area contributed by atoms with Crippen LogP contribution in [0.2, 0.25) is 0 Å². The van der Waals surface area contributed by atoms with E-state index in [9.17, 15) is 14.4 Å². The van der Waals surface area contributed by atoms with Crippen molar-refractivity contribution in [2.24, 2.45) is 0 Å². The monoisotopic (exact) mass is 361 g/mol. The number of anilines is 1. The molecule has 0 fully saturated rings. The summed E-state index contributed by atoms with van der Waals surface area (Å²) >= 11 is 0. The number of furan rings is 1. The number of nitrogens with one attached hydrogen (secondary N) is 1. The molecular weight excluding hydrogens is 342 g/mol. The van der Waals surface area contributed by atoms with Crippen molar-refractivity contribution in [1.29, 1.82) is 0 Å². The summed E-state index contributed by atoms with van der Waals surface area (Å²) in [5, 5.41) is 6.74. The quantitative estimate of drug-likeness (QED) is 0.563. The molecule has 26 heavy (non-hydrogen) atoms. The lowest BCUT2D eigenvalue weighted by atomic mass is 10.1. The molecule has 0 saturated heterocycles. The molecule has 9 heteroatoms.